The maximum Gasteiger partial charge on any atom is 0.416 e. The van der Waals surface area contributed by atoms with Gasteiger partial charge in [-0.25, -0.2) is 14.8 Å². The number of nitrogens with zero attached hydrogens (tertiary/aromatic N) is 3. The number of amides is 1. The molecule has 1 aromatic carbocycles. The molecule has 2 heterocycles. The zero-order valence-corrected chi connectivity index (χ0v) is 18.8. The molecule has 0 bridgehead atoms. The van der Waals surface area contributed by atoms with Crippen molar-refractivity contribution < 1.29 is 18.0 Å². The molecule has 0 radical (unpaired) electrons. The first kappa shape index (κ1) is 22.6. The monoisotopic (exact) mass is 491 g/mol. The fraction of sp³-hybridized carbons (Fsp3) is 0.409. The molecule has 1 atom stereocenters. The van der Waals surface area contributed by atoms with Crippen LogP contribution in [0.3, 0.4) is 0 Å². The summed E-state index contributed by atoms with van der Waals surface area (Å²) in [5.41, 5.74) is -1.43. The third-order valence-electron chi connectivity index (χ3n) is 5.76. The Morgan fingerprint density at radius 2 is 1.82 bits per heavy atom. The van der Waals surface area contributed by atoms with Crippen LogP contribution in [0.2, 0.25) is 0 Å². The van der Waals surface area contributed by atoms with Gasteiger partial charge < -0.3 is 5.32 Å². The predicted octanol–water partition coefficient (Wildman–Crippen LogP) is 3.83. The maximum atomic E-state index is 12.8. The average Bonchev–Trinajstić information content (AvgIpc) is 3.67. The number of benzene rings is 1. The number of nitrogens with one attached hydrogen (secondary N) is 2. The summed E-state index contributed by atoms with van der Waals surface area (Å²) in [7, 11) is 0. The molecule has 8 nitrogen and oxygen atoms in total. The first-order chi connectivity index (χ1) is 16.1. The number of hydrogen-bond donors (Lipinski definition) is 2. The Morgan fingerprint density at radius 3 is 2.41 bits per heavy atom. The lowest BCUT2D eigenvalue weighted by molar-refractivity contribution is -0.137. The predicted molar refractivity (Wildman–Crippen MR) is 120 cm³/mol. The van der Waals surface area contributed by atoms with Crippen LogP contribution >= 0.6 is 11.8 Å². The van der Waals surface area contributed by atoms with E-state index in [4.69, 9.17) is 0 Å². The molecule has 178 valence electrons. The van der Waals surface area contributed by atoms with Gasteiger partial charge >= 0.3 is 11.9 Å². The molecule has 1 amide bonds. The van der Waals surface area contributed by atoms with Crippen LogP contribution < -0.4 is 16.6 Å². The molecule has 2 aliphatic carbocycles. The van der Waals surface area contributed by atoms with E-state index in [1.54, 1.807) is 6.92 Å². The molecule has 5 rings (SSSR count). The minimum Gasteiger partial charge on any atom is -0.325 e. The van der Waals surface area contributed by atoms with Crippen LogP contribution in [0.4, 0.5) is 18.9 Å². The number of carbonyl (C=O) groups is 1. The Labute approximate surface area is 195 Å². The molecule has 2 aromatic heterocycles. The fourth-order valence-corrected chi connectivity index (χ4v) is 4.57. The van der Waals surface area contributed by atoms with Crippen LogP contribution in [-0.4, -0.2) is 30.7 Å². The molecule has 0 aliphatic heterocycles. The van der Waals surface area contributed by atoms with Gasteiger partial charge in [0.1, 0.15) is 16.2 Å². The van der Waals surface area contributed by atoms with Crippen LogP contribution in [0.15, 0.2) is 38.9 Å². The molecule has 2 saturated carbocycles. The second-order valence-corrected chi connectivity index (χ2v) is 9.87. The summed E-state index contributed by atoms with van der Waals surface area (Å²) in [4.78, 5) is 49.4. The highest BCUT2D eigenvalue weighted by Gasteiger charge is 2.33. The third kappa shape index (κ3) is 4.46. The van der Waals surface area contributed by atoms with Crippen molar-refractivity contribution in [1.82, 2.24) is 19.5 Å². The molecule has 2 N–H and O–H groups in total. The lowest BCUT2D eigenvalue weighted by Gasteiger charge is -2.15. The molecular weight excluding hydrogens is 471 g/mol. The molecule has 3 aromatic rings. The van der Waals surface area contributed by atoms with Gasteiger partial charge in [0, 0.05) is 17.6 Å². The van der Waals surface area contributed by atoms with Crippen molar-refractivity contribution in [1.29, 1.82) is 0 Å². The van der Waals surface area contributed by atoms with Crippen LogP contribution in [-0.2, 0) is 11.0 Å². The Bertz CT molecular complexity index is 1390. The summed E-state index contributed by atoms with van der Waals surface area (Å²) < 4.78 is 39.8. The van der Waals surface area contributed by atoms with E-state index in [-0.39, 0.29) is 28.7 Å². The number of hydrogen-bond acceptors (Lipinski definition) is 6. The first-order valence-electron chi connectivity index (χ1n) is 10.8. The summed E-state index contributed by atoms with van der Waals surface area (Å²) in [6.45, 7) is 1.61. The molecule has 2 fully saturated rings. The smallest absolute Gasteiger partial charge is 0.325 e. The van der Waals surface area contributed by atoms with E-state index in [1.165, 1.54) is 16.7 Å². The lowest BCUT2D eigenvalue weighted by Crippen LogP contribution is -2.31. The Balaban J connectivity index is 1.45. The van der Waals surface area contributed by atoms with E-state index in [9.17, 15) is 27.6 Å². The zero-order valence-electron chi connectivity index (χ0n) is 18.0. The Kier molecular flexibility index (Phi) is 5.50. The summed E-state index contributed by atoms with van der Waals surface area (Å²) >= 11 is 1.05. The highest BCUT2D eigenvalue weighted by molar-refractivity contribution is 8.00. The van der Waals surface area contributed by atoms with E-state index < -0.39 is 34.1 Å². The van der Waals surface area contributed by atoms with Crippen LogP contribution in [0.25, 0.3) is 11.0 Å². The van der Waals surface area contributed by atoms with E-state index in [0.717, 1.165) is 49.6 Å². The molecule has 0 saturated heterocycles. The number of carbonyl (C=O) groups excluding carboxylic acids is 1. The number of H-pyrrole nitrogens is 1. The second-order valence-electron chi connectivity index (χ2n) is 8.54. The van der Waals surface area contributed by atoms with Crippen molar-refractivity contribution in [3.05, 3.63) is 56.5 Å². The van der Waals surface area contributed by atoms with Crippen molar-refractivity contribution in [2.24, 2.45) is 0 Å². The van der Waals surface area contributed by atoms with Gasteiger partial charge in [0.25, 0.3) is 5.56 Å². The van der Waals surface area contributed by atoms with E-state index in [0.29, 0.717) is 10.9 Å². The summed E-state index contributed by atoms with van der Waals surface area (Å²) in [6.07, 6.45) is -1.00. The van der Waals surface area contributed by atoms with Crippen molar-refractivity contribution >= 4 is 34.4 Å². The highest BCUT2D eigenvalue weighted by atomic mass is 32.2. The average molecular weight is 491 g/mol. The summed E-state index contributed by atoms with van der Waals surface area (Å²) in [5, 5.41) is 2.33. The number of aromatic nitrogens is 4. The lowest BCUT2D eigenvalue weighted by atomic mass is 10.2. The van der Waals surface area contributed by atoms with Crippen LogP contribution in [0, 0.1) is 0 Å². The van der Waals surface area contributed by atoms with Crippen LogP contribution in [0.5, 0.6) is 0 Å². The normalized spacial score (nSPS) is 17.1. The van der Waals surface area contributed by atoms with Crippen LogP contribution in [0.1, 0.15) is 56.0 Å². The third-order valence-corrected chi connectivity index (χ3v) is 6.85. The molecule has 2 aliphatic rings. The number of anilines is 1. The highest BCUT2D eigenvalue weighted by Crippen LogP contribution is 2.41. The maximum absolute atomic E-state index is 12.8. The van der Waals surface area contributed by atoms with Gasteiger partial charge in [0.2, 0.25) is 5.91 Å². The summed E-state index contributed by atoms with van der Waals surface area (Å²) in [6, 6.07) is 4.13. The summed E-state index contributed by atoms with van der Waals surface area (Å²) in [5.74, 6) is 0.239. The molecule has 0 spiro atoms. The van der Waals surface area contributed by atoms with Crippen molar-refractivity contribution in [3.63, 3.8) is 0 Å². The number of fused-ring (bicyclic) bond motifs is 1. The van der Waals surface area contributed by atoms with Gasteiger partial charge in [-0.05, 0) is 56.9 Å². The van der Waals surface area contributed by atoms with Crippen molar-refractivity contribution in [3.8, 4) is 0 Å². The van der Waals surface area contributed by atoms with Gasteiger partial charge in [-0.3, -0.25) is 19.1 Å². The number of aromatic amines is 1. The fourth-order valence-electron chi connectivity index (χ4n) is 3.62. The molecule has 34 heavy (non-hydrogen) atoms. The molecule has 12 heteroatoms. The quantitative estimate of drug-likeness (QED) is 0.401. The van der Waals surface area contributed by atoms with Crippen molar-refractivity contribution in [2.45, 2.75) is 61.0 Å². The standard InChI is InChI=1S/C22H20F3N5O3S/c1-10(18(31)26-13-6-4-12(5-7-13)22(23,24)25)34-20-15-17(27-16(28-20)11-2-3-11)30(14-8-9-14)21(33)29-19(15)32/h4-7,10-11,14H,2-3,8-9H2,1H3,(H,26,31)(H,29,32,33). The minimum atomic E-state index is -4.46. The number of thioether (sulfide) groups is 1. The molecular formula is C22H20F3N5O3S. The van der Waals surface area contributed by atoms with Gasteiger partial charge in [-0.2, -0.15) is 13.2 Å². The number of halogens is 3. The molecule has 1 unspecified atom stereocenters. The van der Waals surface area contributed by atoms with Crippen molar-refractivity contribution in [2.75, 3.05) is 5.32 Å². The van der Waals surface area contributed by atoms with E-state index in [1.807, 2.05) is 0 Å². The van der Waals surface area contributed by atoms with E-state index >= 15 is 0 Å². The van der Waals surface area contributed by atoms with E-state index in [2.05, 4.69) is 20.3 Å². The van der Waals surface area contributed by atoms with Gasteiger partial charge in [0.05, 0.1) is 10.8 Å². The number of rotatable bonds is 6. The van der Waals surface area contributed by atoms with Gasteiger partial charge in [-0.1, -0.05) is 11.8 Å². The Morgan fingerprint density at radius 1 is 1.15 bits per heavy atom. The zero-order chi connectivity index (χ0) is 24.2. The minimum absolute atomic E-state index is 0.0213. The van der Waals surface area contributed by atoms with Gasteiger partial charge in [0.15, 0.2) is 5.65 Å². The first-order valence-corrected chi connectivity index (χ1v) is 11.7. The van der Waals surface area contributed by atoms with Gasteiger partial charge in [-0.15, -0.1) is 0 Å². The second kappa shape index (κ2) is 8.26. The Hall–Kier alpha value is -3.15. The number of alkyl halides is 3. The topological polar surface area (TPSA) is 110 Å². The largest absolute Gasteiger partial charge is 0.416 e. The SMILES string of the molecule is CC(Sc1nc(C2CC2)nc2c1c(=O)[nH]c(=O)n2C1CC1)C(=O)Nc1ccc(C(F)(F)F)cc1.